The van der Waals surface area contributed by atoms with E-state index in [1.165, 1.54) is 16.7 Å². The van der Waals surface area contributed by atoms with E-state index in [4.69, 9.17) is 29.9 Å². The molecule has 0 spiro atoms. The van der Waals surface area contributed by atoms with Crippen molar-refractivity contribution in [3.63, 3.8) is 0 Å². The van der Waals surface area contributed by atoms with Gasteiger partial charge < -0.3 is 24.9 Å². The fourth-order valence-electron chi connectivity index (χ4n) is 12.3. The Bertz CT molecular complexity index is 4750. The Kier molecular flexibility index (Phi) is 7.93. The van der Waals surface area contributed by atoms with E-state index >= 15 is 0 Å². The minimum Gasteiger partial charge on any atom is -0.361 e. The normalized spacial score (nSPS) is 15.7. The van der Waals surface area contributed by atoms with Crippen LogP contribution in [-0.4, -0.2) is 54.8 Å². The average Bonchev–Trinajstić information content (AvgIpc) is 4.32. The average molecular weight is 950 g/mol. The Balaban J connectivity index is 1.07. The highest BCUT2D eigenvalue weighted by Gasteiger charge is 2.30. The fraction of sp³-hybridized carbons (Fsp3) is 0.0476. The topological polar surface area (TPSA) is 156 Å². The van der Waals surface area contributed by atoms with Gasteiger partial charge in [0.2, 0.25) is 0 Å². The third-order valence-corrected chi connectivity index (χ3v) is 15.7. The molecule has 346 valence electrons. The molecule has 0 saturated carbocycles. The highest BCUT2D eigenvalue weighted by Crippen LogP contribution is 2.47. The summed E-state index contributed by atoms with van der Waals surface area (Å²) in [6.45, 7) is 0. The first-order chi connectivity index (χ1) is 36.6. The summed E-state index contributed by atoms with van der Waals surface area (Å²) in [4.78, 5) is 53.4. The molecule has 17 rings (SSSR count). The van der Waals surface area contributed by atoms with E-state index in [1.807, 2.05) is 24.5 Å². The van der Waals surface area contributed by atoms with Gasteiger partial charge in [-0.2, -0.15) is 0 Å². The van der Waals surface area contributed by atoms with Gasteiger partial charge in [-0.1, -0.05) is 84.5 Å². The molecule has 0 amide bonds. The lowest BCUT2D eigenvalue weighted by atomic mass is 9.86. The van der Waals surface area contributed by atoms with Crippen molar-refractivity contribution in [2.45, 2.75) is 18.3 Å². The SMILES string of the molecule is C1=C2CC(=C1)C(c1ccccc1)c1ccc([nH]1)-c1ccc3c4nc5c(nc14)c1nc4c2ccc(-c2ccc[nH]2)c4nc1c1nc2c(-c4ccc[nH]4)ccc(c2nc15)-c1ccc([nH]1)C(c1ccccc1)c1ccc-3[nH]1. The first-order valence-corrected chi connectivity index (χ1v) is 25.1. The molecule has 14 aromatic rings. The summed E-state index contributed by atoms with van der Waals surface area (Å²) in [7, 11) is 0. The van der Waals surface area contributed by atoms with Crippen LogP contribution in [0.2, 0.25) is 0 Å². The van der Waals surface area contributed by atoms with Crippen molar-refractivity contribution in [3.05, 3.63) is 222 Å². The van der Waals surface area contributed by atoms with Gasteiger partial charge in [0.15, 0.2) is 0 Å². The van der Waals surface area contributed by atoms with Crippen LogP contribution in [0.1, 0.15) is 52.0 Å². The minimum atomic E-state index is -0.136. The molecule has 10 heterocycles. The van der Waals surface area contributed by atoms with Crippen LogP contribution in [0, 0.1) is 0 Å². The summed E-state index contributed by atoms with van der Waals surface area (Å²) in [5.41, 5.74) is 26.4. The fourth-order valence-corrected chi connectivity index (χ4v) is 12.3. The second-order valence-corrected chi connectivity index (χ2v) is 19.8. The number of rotatable bonds is 4. The molecule has 2 unspecified atom stereocenters. The Morgan fingerprint density at radius 1 is 0.297 bits per heavy atom. The van der Waals surface area contributed by atoms with Gasteiger partial charge in [0, 0.05) is 97.2 Å². The molecular formula is C63H39N11. The molecule has 16 bridgehead atoms. The lowest BCUT2D eigenvalue weighted by Gasteiger charge is -2.20. The van der Waals surface area contributed by atoms with Gasteiger partial charge in [-0.25, -0.2) is 29.9 Å². The van der Waals surface area contributed by atoms with Crippen LogP contribution in [-0.2, 0) is 0 Å². The van der Waals surface area contributed by atoms with Crippen LogP contribution in [0.3, 0.4) is 0 Å². The standard InChI is InChI=1S/C63H39N11/c1-3-9-32(10-4-1)50-35-16-15-34(31-35)36-17-18-37(42-13-7-29-64-42)53-52(36)69-58-59(70-53)61-63-62-60(58)73-56-40(44-23-26-47(50)66-44)21-22-41(57(56)74-62)46-25-28-49(68-46)51(33-11-5-2-6-12-33)48-27-24-45(67-48)39-20-19-38(43-14-8-30-65-43)54(71-61)55(39)72-63/h1-30,50-51,64-68H,31H2. The van der Waals surface area contributed by atoms with E-state index in [0.29, 0.717) is 33.1 Å². The molecule has 74 heavy (non-hydrogen) atoms. The van der Waals surface area contributed by atoms with Crippen molar-refractivity contribution < 1.29 is 0 Å². The predicted molar refractivity (Wildman–Crippen MR) is 294 cm³/mol. The van der Waals surface area contributed by atoms with Crippen molar-refractivity contribution in [3.8, 4) is 56.3 Å². The van der Waals surface area contributed by atoms with Gasteiger partial charge in [0.25, 0.3) is 0 Å². The summed E-state index contributed by atoms with van der Waals surface area (Å²) < 4.78 is 0. The molecule has 5 N–H and O–H groups in total. The summed E-state index contributed by atoms with van der Waals surface area (Å²) in [5.74, 6) is -0.167. The molecule has 3 aliphatic rings. The van der Waals surface area contributed by atoms with E-state index in [-0.39, 0.29) is 11.8 Å². The van der Waals surface area contributed by atoms with Crippen molar-refractivity contribution in [1.29, 1.82) is 0 Å². The van der Waals surface area contributed by atoms with Crippen LogP contribution in [0.25, 0.3) is 128 Å². The van der Waals surface area contributed by atoms with Crippen LogP contribution >= 0.6 is 0 Å². The maximum Gasteiger partial charge on any atom is 0.120 e. The number of benzene rings is 6. The molecule has 1 aliphatic carbocycles. The largest absolute Gasteiger partial charge is 0.361 e. The summed E-state index contributed by atoms with van der Waals surface area (Å²) in [6, 6.07) is 55.9. The van der Waals surface area contributed by atoms with Crippen molar-refractivity contribution in [1.82, 2.24) is 54.8 Å². The first kappa shape index (κ1) is 39.7. The Hall–Kier alpha value is -10.0. The quantitative estimate of drug-likeness (QED) is 0.0873. The molecule has 2 atom stereocenters. The second kappa shape index (κ2) is 14.8. The maximum atomic E-state index is 5.81. The third kappa shape index (κ3) is 5.60. The zero-order valence-corrected chi connectivity index (χ0v) is 39.4. The lowest BCUT2D eigenvalue weighted by molar-refractivity contribution is 0.890. The number of aromatic amines is 5. The number of hydrogen-bond acceptors (Lipinski definition) is 6. The van der Waals surface area contributed by atoms with Gasteiger partial charge in [0.1, 0.15) is 33.1 Å². The lowest BCUT2D eigenvalue weighted by Crippen LogP contribution is -2.05. The number of H-pyrrole nitrogens is 5. The predicted octanol–water partition coefficient (Wildman–Crippen LogP) is 14.3. The van der Waals surface area contributed by atoms with E-state index in [1.54, 1.807) is 0 Å². The molecule has 11 nitrogen and oxygen atoms in total. The van der Waals surface area contributed by atoms with Crippen LogP contribution < -0.4 is 0 Å². The molecule has 6 aromatic carbocycles. The van der Waals surface area contributed by atoms with Crippen molar-refractivity contribution in [2.24, 2.45) is 0 Å². The first-order valence-electron chi connectivity index (χ1n) is 25.1. The summed E-state index contributed by atoms with van der Waals surface area (Å²) >= 11 is 0. The van der Waals surface area contributed by atoms with E-state index in [2.05, 4.69) is 183 Å². The van der Waals surface area contributed by atoms with Crippen LogP contribution in [0.15, 0.2) is 188 Å². The minimum absolute atomic E-state index is 0.0304. The molecule has 0 fully saturated rings. The molecule has 8 aromatic heterocycles. The van der Waals surface area contributed by atoms with Gasteiger partial charge in [-0.3, -0.25) is 0 Å². The van der Waals surface area contributed by atoms with Crippen LogP contribution in [0.4, 0.5) is 0 Å². The second-order valence-electron chi connectivity index (χ2n) is 19.8. The molecule has 11 heteroatoms. The Morgan fingerprint density at radius 3 is 1.07 bits per heavy atom. The van der Waals surface area contributed by atoms with Crippen LogP contribution in [0.5, 0.6) is 0 Å². The Labute approximate surface area is 420 Å². The zero-order chi connectivity index (χ0) is 48.2. The number of aromatic nitrogens is 11. The summed E-state index contributed by atoms with van der Waals surface area (Å²) in [5, 5.41) is 0. The van der Waals surface area contributed by atoms with Gasteiger partial charge >= 0.3 is 0 Å². The highest BCUT2D eigenvalue weighted by molar-refractivity contribution is 6.23. The smallest absolute Gasteiger partial charge is 0.120 e. The maximum absolute atomic E-state index is 5.81. The number of allylic oxidation sites excluding steroid dienone is 4. The van der Waals surface area contributed by atoms with Gasteiger partial charge in [-0.05, 0) is 114 Å². The van der Waals surface area contributed by atoms with Crippen molar-refractivity contribution in [2.75, 3.05) is 0 Å². The van der Waals surface area contributed by atoms with E-state index in [9.17, 15) is 0 Å². The molecular weight excluding hydrogens is 911 g/mol. The van der Waals surface area contributed by atoms with Gasteiger partial charge in [0.05, 0.1) is 39.0 Å². The van der Waals surface area contributed by atoms with E-state index in [0.717, 1.165) is 124 Å². The molecule has 2 aliphatic heterocycles. The molecule has 0 radical (unpaired) electrons. The Morgan fingerprint density at radius 2 is 0.662 bits per heavy atom. The highest BCUT2D eigenvalue weighted by atomic mass is 14.9. The van der Waals surface area contributed by atoms with E-state index < -0.39 is 0 Å². The van der Waals surface area contributed by atoms with Crippen molar-refractivity contribution >= 4 is 71.8 Å². The third-order valence-electron chi connectivity index (χ3n) is 15.7. The zero-order valence-electron chi connectivity index (χ0n) is 39.4. The number of nitrogens with one attached hydrogen (secondary N) is 5. The molecule has 0 saturated heterocycles. The summed E-state index contributed by atoms with van der Waals surface area (Å²) in [6.07, 6.45) is 9.20. The number of hydrogen-bond donors (Lipinski definition) is 5. The number of fused-ring (bicyclic) bond motifs is 13. The monoisotopic (exact) mass is 949 g/mol. The number of nitrogens with zero attached hydrogens (tertiary/aromatic N) is 6. The van der Waals surface area contributed by atoms with Gasteiger partial charge in [-0.15, -0.1) is 0 Å².